The molecule has 0 unspecified atom stereocenters. The predicted molar refractivity (Wildman–Crippen MR) is 79.6 cm³/mol. The average molecular weight is 381 g/mol. The molecule has 0 fully saturated rings. The third-order valence-corrected chi connectivity index (χ3v) is 3.35. The highest BCUT2D eigenvalue weighted by atomic mass is 79.9. The molecule has 0 saturated heterocycles. The number of hydrogen-bond donors (Lipinski definition) is 1. The first-order valence-electron chi connectivity index (χ1n) is 5.87. The fraction of sp³-hybridized carbons (Fsp3) is 0.143. The van der Waals surface area contributed by atoms with Gasteiger partial charge in [0.15, 0.2) is 0 Å². The van der Waals surface area contributed by atoms with Crippen LogP contribution in [-0.4, -0.2) is 6.36 Å². The molecule has 0 atom stereocenters. The van der Waals surface area contributed by atoms with E-state index in [1.807, 2.05) is 6.07 Å². The zero-order valence-corrected chi connectivity index (χ0v) is 12.9. The van der Waals surface area contributed by atoms with E-state index in [1.165, 1.54) is 18.2 Å². The summed E-state index contributed by atoms with van der Waals surface area (Å²) in [5.74, 6) is -0.247. The van der Waals surface area contributed by atoms with Gasteiger partial charge in [-0.05, 0) is 35.9 Å². The Bertz CT molecular complexity index is 634. The zero-order valence-electron chi connectivity index (χ0n) is 10.5. The normalized spacial score (nSPS) is 11.3. The molecule has 2 nitrogen and oxygen atoms in total. The van der Waals surface area contributed by atoms with Crippen LogP contribution in [0.3, 0.4) is 0 Å². The monoisotopic (exact) mass is 379 g/mol. The maximum atomic E-state index is 12.2. The molecule has 2 rings (SSSR count). The van der Waals surface area contributed by atoms with Crippen LogP contribution in [0.1, 0.15) is 5.56 Å². The summed E-state index contributed by atoms with van der Waals surface area (Å²) in [5.41, 5.74) is 1.35. The van der Waals surface area contributed by atoms with Gasteiger partial charge in [-0.25, -0.2) is 0 Å². The fourth-order valence-corrected chi connectivity index (χ4v) is 2.42. The van der Waals surface area contributed by atoms with Crippen molar-refractivity contribution in [3.63, 3.8) is 0 Å². The van der Waals surface area contributed by atoms with Gasteiger partial charge >= 0.3 is 6.36 Å². The molecular formula is C14H10BrClF3NO. The molecule has 0 bridgehead atoms. The van der Waals surface area contributed by atoms with Crippen LogP contribution in [0, 0.1) is 0 Å². The molecular weight excluding hydrogens is 371 g/mol. The Morgan fingerprint density at radius 3 is 2.57 bits per heavy atom. The Labute approximate surface area is 133 Å². The Morgan fingerprint density at radius 1 is 1.14 bits per heavy atom. The molecule has 0 aromatic heterocycles. The first-order chi connectivity index (χ1) is 9.83. The van der Waals surface area contributed by atoms with E-state index >= 15 is 0 Å². The Kier molecular flexibility index (Phi) is 5.00. The molecule has 2 aromatic rings. The van der Waals surface area contributed by atoms with Crippen LogP contribution in [0.5, 0.6) is 5.75 Å². The van der Waals surface area contributed by atoms with Crippen molar-refractivity contribution < 1.29 is 17.9 Å². The van der Waals surface area contributed by atoms with Crippen molar-refractivity contribution in [3.05, 3.63) is 57.5 Å². The maximum absolute atomic E-state index is 12.2. The Hall–Kier alpha value is -1.40. The van der Waals surface area contributed by atoms with Gasteiger partial charge in [0, 0.05) is 11.0 Å². The van der Waals surface area contributed by atoms with Crippen molar-refractivity contribution in [2.75, 3.05) is 5.32 Å². The van der Waals surface area contributed by atoms with Crippen LogP contribution in [0.2, 0.25) is 5.02 Å². The number of alkyl halides is 3. The second-order valence-corrected chi connectivity index (χ2v) is 5.50. The van der Waals surface area contributed by atoms with Crippen LogP contribution in [-0.2, 0) is 6.54 Å². The first-order valence-corrected chi connectivity index (χ1v) is 7.04. The van der Waals surface area contributed by atoms with Crippen molar-refractivity contribution in [2.24, 2.45) is 0 Å². The highest BCUT2D eigenvalue weighted by molar-refractivity contribution is 9.10. The van der Waals surface area contributed by atoms with Crippen molar-refractivity contribution in [3.8, 4) is 5.75 Å². The number of ether oxygens (including phenoxy) is 1. The van der Waals surface area contributed by atoms with Gasteiger partial charge < -0.3 is 10.1 Å². The molecule has 0 radical (unpaired) electrons. The molecule has 0 aliphatic carbocycles. The van der Waals surface area contributed by atoms with Crippen molar-refractivity contribution in [1.82, 2.24) is 0 Å². The molecule has 21 heavy (non-hydrogen) atoms. The lowest BCUT2D eigenvalue weighted by Gasteiger charge is -2.12. The summed E-state index contributed by atoms with van der Waals surface area (Å²) in [4.78, 5) is 0. The summed E-state index contributed by atoms with van der Waals surface area (Å²) >= 11 is 9.34. The largest absolute Gasteiger partial charge is 0.573 e. The van der Waals surface area contributed by atoms with Crippen LogP contribution in [0.15, 0.2) is 46.9 Å². The van der Waals surface area contributed by atoms with Crippen molar-refractivity contribution in [1.29, 1.82) is 0 Å². The zero-order chi connectivity index (χ0) is 15.5. The average Bonchev–Trinajstić information content (AvgIpc) is 2.36. The maximum Gasteiger partial charge on any atom is 0.573 e. The van der Waals surface area contributed by atoms with Crippen molar-refractivity contribution >= 4 is 33.2 Å². The van der Waals surface area contributed by atoms with Crippen LogP contribution in [0.4, 0.5) is 18.9 Å². The van der Waals surface area contributed by atoms with E-state index in [0.717, 1.165) is 4.47 Å². The van der Waals surface area contributed by atoms with E-state index in [0.29, 0.717) is 22.8 Å². The molecule has 7 heteroatoms. The molecule has 0 spiro atoms. The quantitative estimate of drug-likeness (QED) is 0.744. The molecule has 2 aromatic carbocycles. The number of halogens is 5. The molecule has 0 amide bonds. The van der Waals surface area contributed by atoms with Gasteiger partial charge in [-0.2, -0.15) is 0 Å². The highest BCUT2D eigenvalue weighted by Crippen LogP contribution is 2.27. The van der Waals surface area contributed by atoms with E-state index in [1.54, 1.807) is 18.2 Å². The van der Waals surface area contributed by atoms with E-state index in [-0.39, 0.29) is 5.75 Å². The van der Waals surface area contributed by atoms with Gasteiger partial charge in [-0.15, -0.1) is 13.2 Å². The molecule has 0 saturated carbocycles. The highest BCUT2D eigenvalue weighted by Gasteiger charge is 2.31. The van der Waals surface area contributed by atoms with Crippen LogP contribution < -0.4 is 10.1 Å². The topological polar surface area (TPSA) is 21.3 Å². The molecule has 0 aliphatic rings. The summed E-state index contributed by atoms with van der Waals surface area (Å²) in [5, 5.41) is 3.58. The summed E-state index contributed by atoms with van der Waals surface area (Å²) in [6, 6.07) is 11.1. The first kappa shape index (κ1) is 16.0. The predicted octanol–water partition coefficient (Wildman–Crippen LogP) is 5.61. The van der Waals surface area contributed by atoms with Gasteiger partial charge in [0.1, 0.15) is 5.75 Å². The van der Waals surface area contributed by atoms with Crippen molar-refractivity contribution in [2.45, 2.75) is 12.9 Å². The molecule has 0 heterocycles. The molecule has 1 N–H and O–H groups in total. The minimum atomic E-state index is -4.69. The number of anilines is 1. The van der Waals surface area contributed by atoms with Gasteiger partial charge in [-0.3, -0.25) is 0 Å². The van der Waals surface area contributed by atoms with Gasteiger partial charge in [0.05, 0.1) is 10.7 Å². The van der Waals surface area contributed by atoms with Gasteiger partial charge in [0.2, 0.25) is 0 Å². The van der Waals surface area contributed by atoms with E-state index < -0.39 is 6.36 Å². The number of hydrogen-bond acceptors (Lipinski definition) is 2. The van der Waals surface area contributed by atoms with Crippen LogP contribution in [0.25, 0.3) is 0 Å². The Morgan fingerprint density at radius 2 is 1.90 bits per heavy atom. The fourth-order valence-electron chi connectivity index (χ4n) is 1.68. The lowest BCUT2D eigenvalue weighted by molar-refractivity contribution is -0.274. The third kappa shape index (κ3) is 5.13. The minimum absolute atomic E-state index is 0.247. The second kappa shape index (κ2) is 6.58. The third-order valence-electron chi connectivity index (χ3n) is 2.55. The van der Waals surface area contributed by atoms with E-state index in [2.05, 4.69) is 26.0 Å². The molecule has 112 valence electrons. The minimum Gasteiger partial charge on any atom is -0.406 e. The number of benzene rings is 2. The number of rotatable bonds is 4. The van der Waals surface area contributed by atoms with E-state index in [9.17, 15) is 13.2 Å². The Balaban J connectivity index is 2.05. The van der Waals surface area contributed by atoms with E-state index in [4.69, 9.17) is 11.6 Å². The second-order valence-electron chi connectivity index (χ2n) is 4.17. The van der Waals surface area contributed by atoms with Gasteiger partial charge in [0.25, 0.3) is 0 Å². The van der Waals surface area contributed by atoms with Gasteiger partial charge in [-0.1, -0.05) is 39.7 Å². The molecule has 0 aliphatic heterocycles. The van der Waals surface area contributed by atoms with Crippen LogP contribution >= 0.6 is 27.5 Å². The summed E-state index contributed by atoms with van der Waals surface area (Å²) < 4.78 is 41.2. The summed E-state index contributed by atoms with van der Waals surface area (Å²) in [6.07, 6.45) is -4.69. The lowest BCUT2D eigenvalue weighted by atomic mass is 10.2. The standard InChI is InChI=1S/C14H10BrClF3NO/c15-10-4-5-13(12(16)7-10)20-8-9-2-1-3-11(6-9)21-14(17,18)19/h1-7,20H,8H2. The SMILES string of the molecule is FC(F)(F)Oc1cccc(CNc2ccc(Br)cc2Cl)c1. The smallest absolute Gasteiger partial charge is 0.406 e. The summed E-state index contributed by atoms with van der Waals surface area (Å²) in [6.45, 7) is 0.330. The summed E-state index contributed by atoms with van der Waals surface area (Å²) in [7, 11) is 0. The lowest BCUT2D eigenvalue weighted by Crippen LogP contribution is -2.17. The number of nitrogens with one attached hydrogen (secondary N) is 1.